The molecule has 21 heavy (non-hydrogen) atoms. The summed E-state index contributed by atoms with van der Waals surface area (Å²) >= 11 is 12.6. The van der Waals surface area contributed by atoms with Gasteiger partial charge in [-0.05, 0) is 42.6 Å². The third-order valence-electron chi connectivity index (χ3n) is 3.78. The quantitative estimate of drug-likeness (QED) is 0.753. The first-order valence-corrected chi connectivity index (χ1v) is 7.98. The van der Waals surface area contributed by atoms with Crippen LogP contribution in [0.2, 0.25) is 10.0 Å². The van der Waals surface area contributed by atoms with E-state index in [1.165, 1.54) is 11.1 Å². The summed E-state index contributed by atoms with van der Waals surface area (Å²) in [5.74, 6) is 0.553. The van der Waals surface area contributed by atoms with Gasteiger partial charge in [-0.3, -0.25) is 0 Å². The Bertz CT molecular complexity index is 570. The highest BCUT2D eigenvalue weighted by Crippen LogP contribution is 2.32. The van der Waals surface area contributed by atoms with E-state index >= 15 is 0 Å². The molecule has 0 aliphatic rings. The third-order valence-corrected chi connectivity index (χ3v) is 4.44. The monoisotopic (exact) mass is 321 g/mol. The van der Waals surface area contributed by atoms with Gasteiger partial charge in [0.15, 0.2) is 0 Å². The zero-order valence-electron chi connectivity index (χ0n) is 12.7. The molecule has 0 saturated carbocycles. The highest BCUT2D eigenvalue weighted by molar-refractivity contribution is 6.36. The maximum Gasteiger partial charge on any atom is 0.0468 e. The van der Waals surface area contributed by atoms with Gasteiger partial charge in [-0.1, -0.05) is 67.4 Å². The lowest BCUT2D eigenvalue weighted by Gasteiger charge is -2.20. The SMILES string of the molecule is CNC(Cc1ccc(C(C)C)cc1)c1c(Cl)cccc1Cl. The Balaban J connectivity index is 2.23. The maximum absolute atomic E-state index is 6.31. The molecule has 0 heterocycles. The summed E-state index contributed by atoms with van der Waals surface area (Å²) in [6, 6.07) is 14.5. The van der Waals surface area contributed by atoms with Crippen LogP contribution in [0, 0.1) is 0 Å². The van der Waals surface area contributed by atoms with Crippen LogP contribution in [0.3, 0.4) is 0 Å². The predicted molar refractivity (Wildman–Crippen MR) is 92.5 cm³/mol. The number of hydrogen-bond donors (Lipinski definition) is 1. The molecule has 1 nitrogen and oxygen atoms in total. The van der Waals surface area contributed by atoms with Crippen molar-refractivity contribution < 1.29 is 0 Å². The van der Waals surface area contributed by atoms with Crippen LogP contribution in [-0.2, 0) is 6.42 Å². The summed E-state index contributed by atoms with van der Waals surface area (Å²) in [6.07, 6.45) is 0.859. The lowest BCUT2D eigenvalue weighted by atomic mass is 9.96. The minimum Gasteiger partial charge on any atom is -0.313 e. The molecule has 0 radical (unpaired) electrons. The molecule has 1 N–H and O–H groups in total. The zero-order chi connectivity index (χ0) is 15.4. The van der Waals surface area contributed by atoms with Crippen molar-refractivity contribution in [2.24, 2.45) is 0 Å². The lowest BCUT2D eigenvalue weighted by Crippen LogP contribution is -2.19. The Morgan fingerprint density at radius 2 is 1.52 bits per heavy atom. The first-order chi connectivity index (χ1) is 10.0. The number of nitrogens with one attached hydrogen (secondary N) is 1. The van der Waals surface area contributed by atoms with Crippen molar-refractivity contribution in [2.75, 3.05) is 7.05 Å². The van der Waals surface area contributed by atoms with Gasteiger partial charge in [0.1, 0.15) is 0 Å². The second-order valence-corrected chi connectivity index (χ2v) is 6.39. The fourth-order valence-electron chi connectivity index (χ4n) is 2.47. The Labute approximate surface area is 137 Å². The molecule has 3 heteroatoms. The number of rotatable bonds is 5. The summed E-state index contributed by atoms with van der Waals surface area (Å²) in [4.78, 5) is 0. The molecule has 0 saturated heterocycles. The largest absolute Gasteiger partial charge is 0.313 e. The topological polar surface area (TPSA) is 12.0 Å². The van der Waals surface area contributed by atoms with Crippen molar-refractivity contribution in [3.63, 3.8) is 0 Å². The van der Waals surface area contributed by atoms with E-state index in [0.29, 0.717) is 16.0 Å². The Morgan fingerprint density at radius 1 is 0.952 bits per heavy atom. The fourth-order valence-corrected chi connectivity index (χ4v) is 3.13. The van der Waals surface area contributed by atoms with Crippen molar-refractivity contribution in [3.8, 4) is 0 Å². The average molecular weight is 322 g/mol. The van der Waals surface area contributed by atoms with Crippen LogP contribution in [0.25, 0.3) is 0 Å². The minimum atomic E-state index is 0.108. The molecule has 112 valence electrons. The molecule has 2 aromatic carbocycles. The smallest absolute Gasteiger partial charge is 0.0468 e. The minimum absolute atomic E-state index is 0.108. The summed E-state index contributed by atoms with van der Waals surface area (Å²) in [5.41, 5.74) is 3.60. The maximum atomic E-state index is 6.31. The predicted octanol–water partition coefficient (Wildman–Crippen LogP) is 5.62. The highest BCUT2D eigenvalue weighted by atomic mass is 35.5. The molecular formula is C18H21Cl2N. The first kappa shape index (κ1) is 16.4. The second kappa shape index (κ2) is 7.31. The van der Waals surface area contributed by atoms with Crippen LogP contribution in [0.4, 0.5) is 0 Å². The van der Waals surface area contributed by atoms with Crippen LogP contribution >= 0.6 is 23.2 Å². The molecule has 2 aromatic rings. The van der Waals surface area contributed by atoms with Gasteiger partial charge in [0, 0.05) is 21.7 Å². The molecule has 1 atom stereocenters. The van der Waals surface area contributed by atoms with E-state index in [1.54, 1.807) is 0 Å². The molecule has 2 rings (SSSR count). The van der Waals surface area contributed by atoms with Gasteiger partial charge in [-0.15, -0.1) is 0 Å². The van der Waals surface area contributed by atoms with Crippen molar-refractivity contribution >= 4 is 23.2 Å². The van der Waals surface area contributed by atoms with Gasteiger partial charge in [-0.25, -0.2) is 0 Å². The Hall–Kier alpha value is -1.02. The van der Waals surface area contributed by atoms with Gasteiger partial charge in [0.2, 0.25) is 0 Å². The summed E-state index contributed by atoms with van der Waals surface area (Å²) in [5, 5.41) is 4.73. The van der Waals surface area contributed by atoms with E-state index in [4.69, 9.17) is 23.2 Å². The molecule has 0 fully saturated rings. The highest BCUT2D eigenvalue weighted by Gasteiger charge is 2.17. The molecule has 0 aliphatic heterocycles. The standard InChI is InChI=1S/C18H21Cl2N/c1-12(2)14-9-7-13(8-10-14)11-17(21-3)18-15(19)5-4-6-16(18)20/h4-10,12,17,21H,11H2,1-3H3. The van der Waals surface area contributed by atoms with Crippen LogP contribution in [0.5, 0.6) is 0 Å². The van der Waals surface area contributed by atoms with Gasteiger partial charge < -0.3 is 5.32 Å². The molecule has 0 amide bonds. The van der Waals surface area contributed by atoms with Crippen LogP contribution in [0.1, 0.15) is 42.5 Å². The fraction of sp³-hybridized carbons (Fsp3) is 0.333. The zero-order valence-corrected chi connectivity index (χ0v) is 14.2. The number of likely N-dealkylation sites (N-methyl/N-ethyl adjacent to an activating group) is 1. The van der Waals surface area contributed by atoms with Crippen molar-refractivity contribution in [1.29, 1.82) is 0 Å². The van der Waals surface area contributed by atoms with Crippen molar-refractivity contribution in [3.05, 3.63) is 69.2 Å². The van der Waals surface area contributed by atoms with E-state index in [9.17, 15) is 0 Å². The van der Waals surface area contributed by atoms with Gasteiger partial charge in [0.25, 0.3) is 0 Å². The molecular weight excluding hydrogens is 301 g/mol. The Kier molecular flexibility index (Phi) is 5.69. The summed E-state index contributed by atoms with van der Waals surface area (Å²) < 4.78 is 0. The summed E-state index contributed by atoms with van der Waals surface area (Å²) in [6.45, 7) is 4.41. The molecule has 1 unspecified atom stereocenters. The van der Waals surface area contributed by atoms with E-state index in [1.807, 2.05) is 25.2 Å². The van der Waals surface area contributed by atoms with Crippen molar-refractivity contribution in [1.82, 2.24) is 5.32 Å². The molecule has 0 aliphatic carbocycles. The lowest BCUT2D eigenvalue weighted by molar-refractivity contribution is 0.592. The average Bonchev–Trinajstić information content (AvgIpc) is 2.46. The normalized spacial score (nSPS) is 12.7. The molecule has 0 bridgehead atoms. The Morgan fingerprint density at radius 3 is 2.00 bits per heavy atom. The van der Waals surface area contributed by atoms with Crippen LogP contribution in [0.15, 0.2) is 42.5 Å². The third kappa shape index (κ3) is 4.00. The van der Waals surface area contributed by atoms with E-state index < -0.39 is 0 Å². The second-order valence-electron chi connectivity index (χ2n) is 5.58. The number of halogens is 2. The molecule has 0 aromatic heterocycles. The number of benzene rings is 2. The molecule has 0 spiro atoms. The van der Waals surface area contributed by atoms with Crippen LogP contribution < -0.4 is 5.32 Å². The summed E-state index contributed by atoms with van der Waals surface area (Å²) in [7, 11) is 1.94. The van der Waals surface area contributed by atoms with Gasteiger partial charge in [0.05, 0.1) is 0 Å². The van der Waals surface area contributed by atoms with Crippen molar-refractivity contribution in [2.45, 2.75) is 32.2 Å². The van der Waals surface area contributed by atoms with Gasteiger partial charge >= 0.3 is 0 Å². The first-order valence-electron chi connectivity index (χ1n) is 7.23. The number of hydrogen-bond acceptors (Lipinski definition) is 1. The van der Waals surface area contributed by atoms with E-state index in [2.05, 4.69) is 43.4 Å². The van der Waals surface area contributed by atoms with E-state index in [-0.39, 0.29) is 6.04 Å². The van der Waals surface area contributed by atoms with Gasteiger partial charge in [-0.2, -0.15) is 0 Å². The van der Waals surface area contributed by atoms with Crippen LogP contribution in [-0.4, -0.2) is 7.05 Å². The van der Waals surface area contributed by atoms with E-state index in [0.717, 1.165) is 12.0 Å².